The Morgan fingerprint density at radius 2 is 1.84 bits per heavy atom. The van der Waals surface area contributed by atoms with Gasteiger partial charge in [-0.25, -0.2) is 8.78 Å². The lowest BCUT2D eigenvalue weighted by Crippen LogP contribution is -2.04. The molecule has 5 heteroatoms. The molecule has 2 N–H and O–H groups in total. The van der Waals surface area contributed by atoms with E-state index >= 15 is 0 Å². The van der Waals surface area contributed by atoms with Crippen LogP contribution in [-0.2, 0) is 13.2 Å². The number of benzene rings is 2. The van der Waals surface area contributed by atoms with E-state index in [9.17, 15) is 8.78 Å². The number of hydrogen-bond donors (Lipinski definition) is 1. The summed E-state index contributed by atoms with van der Waals surface area (Å²) < 4.78 is 32.0. The Labute approximate surface area is 114 Å². The van der Waals surface area contributed by atoms with E-state index in [0.29, 0.717) is 21.9 Å². The van der Waals surface area contributed by atoms with Gasteiger partial charge in [0.15, 0.2) is 0 Å². The van der Waals surface area contributed by atoms with Crippen molar-refractivity contribution in [3.8, 4) is 5.75 Å². The SMILES string of the molecule is NCc1cc(F)ccc1OCc1cc(Cl)ccc1F. The van der Waals surface area contributed by atoms with Gasteiger partial charge in [-0.3, -0.25) is 0 Å². The first-order chi connectivity index (χ1) is 9.10. The molecule has 19 heavy (non-hydrogen) atoms. The maximum absolute atomic E-state index is 13.5. The molecule has 0 bridgehead atoms. The molecule has 0 saturated heterocycles. The van der Waals surface area contributed by atoms with Crippen LogP contribution in [0.15, 0.2) is 36.4 Å². The first-order valence-electron chi connectivity index (χ1n) is 5.65. The Bertz CT molecular complexity index is 590. The fourth-order valence-electron chi connectivity index (χ4n) is 1.66. The molecule has 2 aromatic carbocycles. The zero-order valence-electron chi connectivity index (χ0n) is 10.00. The van der Waals surface area contributed by atoms with Gasteiger partial charge in [0, 0.05) is 22.7 Å². The summed E-state index contributed by atoms with van der Waals surface area (Å²) in [6.07, 6.45) is 0. The van der Waals surface area contributed by atoms with Crippen LogP contribution in [0.25, 0.3) is 0 Å². The Morgan fingerprint density at radius 3 is 2.58 bits per heavy atom. The molecule has 0 heterocycles. The van der Waals surface area contributed by atoms with Gasteiger partial charge in [-0.15, -0.1) is 0 Å². The summed E-state index contributed by atoms with van der Waals surface area (Å²) in [5, 5.41) is 0.429. The molecule has 0 aliphatic carbocycles. The van der Waals surface area contributed by atoms with Gasteiger partial charge in [-0.05, 0) is 36.4 Å². The summed E-state index contributed by atoms with van der Waals surface area (Å²) >= 11 is 5.79. The Kier molecular flexibility index (Phi) is 4.35. The molecular formula is C14H12ClF2NO. The van der Waals surface area contributed by atoms with E-state index in [2.05, 4.69) is 0 Å². The molecule has 100 valence electrons. The van der Waals surface area contributed by atoms with E-state index < -0.39 is 5.82 Å². The van der Waals surface area contributed by atoms with Crippen molar-refractivity contribution in [3.05, 3.63) is 64.2 Å². The van der Waals surface area contributed by atoms with Crippen molar-refractivity contribution >= 4 is 11.6 Å². The van der Waals surface area contributed by atoms with Crippen LogP contribution in [0.3, 0.4) is 0 Å². The molecule has 0 aromatic heterocycles. The normalized spacial score (nSPS) is 10.5. The summed E-state index contributed by atoms with van der Waals surface area (Å²) in [7, 11) is 0. The zero-order valence-corrected chi connectivity index (χ0v) is 10.8. The van der Waals surface area contributed by atoms with Gasteiger partial charge in [0.1, 0.15) is 24.0 Å². The van der Waals surface area contributed by atoms with Gasteiger partial charge in [0.05, 0.1) is 0 Å². The second kappa shape index (κ2) is 5.99. The number of halogens is 3. The molecule has 0 saturated carbocycles. The highest BCUT2D eigenvalue weighted by Gasteiger charge is 2.07. The van der Waals surface area contributed by atoms with Crippen molar-refractivity contribution in [2.75, 3.05) is 0 Å². The Morgan fingerprint density at radius 1 is 1.05 bits per heavy atom. The minimum Gasteiger partial charge on any atom is -0.488 e. The molecule has 0 atom stereocenters. The van der Waals surface area contributed by atoms with Crippen LogP contribution in [0, 0.1) is 11.6 Å². The molecule has 0 unspecified atom stereocenters. The van der Waals surface area contributed by atoms with Crippen molar-refractivity contribution in [2.24, 2.45) is 5.73 Å². The highest BCUT2D eigenvalue weighted by molar-refractivity contribution is 6.30. The summed E-state index contributed by atoms with van der Waals surface area (Å²) in [6.45, 7) is 0.149. The van der Waals surface area contributed by atoms with Crippen LogP contribution < -0.4 is 10.5 Å². The van der Waals surface area contributed by atoms with Gasteiger partial charge >= 0.3 is 0 Å². The van der Waals surface area contributed by atoms with Crippen LogP contribution >= 0.6 is 11.6 Å². The number of ether oxygens (including phenoxy) is 1. The summed E-state index contributed by atoms with van der Waals surface area (Å²) in [6, 6.07) is 8.26. The topological polar surface area (TPSA) is 35.2 Å². The molecule has 2 nitrogen and oxygen atoms in total. The van der Waals surface area contributed by atoms with Gasteiger partial charge in [0.2, 0.25) is 0 Å². The summed E-state index contributed by atoms with van der Waals surface area (Å²) in [5.74, 6) is -0.356. The van der Waals surface area contributed by atoms with E-state index in [0.717, 1.165) is 0 Å². The molecule has 2 aromatic rings. The predicted octanol–water partition coefficient (Wildman–Crippen LogP) is 3.66. The monoisotopic (exact) mass is 283 g/mol. The second-order valence-electron chi connectivity index (χ2n) is 3.98. The number of nitrogens with two attached hydrogens (primary N) is 1. The third kappa shape index (κ3) is 3.43. The number of hydrogen-bond acceptors (Lipinski definition) is 2. The van der Waals surface area contributed by atoms with E-state index in [1.54, 1.807) is 0 Å². The minimum absolute atomic E-state index is 0.00499. The Hall–Kier alpha value is -1.65. The lowest BCUT2D eigenvalue weighted by molar-refractivity contribution is 0.296. The fraction of sp³-hybridized carbons (Fsp3) is 0.143. The lowest BCUT2D eigenvalue weighted by atomic mass is 10.2. The van der Waals surface area contributed by atoms with Crippen LogP contribution in [0.5, 0.6) is 5.75 Å². The molecule has 2 rings (SSSR count). The van der Waals surface area contributed by atoms with Gasteiger partial charge in [-0.1, -0.05) is 11.6 Å². The minimum atomic E-state index is -0.402. The largest absolute Gasteiger partial charge is 0.488 e. The first kappa shape index (κ1) is 13.8. The molecule has 0 amide bonds. The first-order valence-corrected chi connectivity index (χ1v) is 6.03. The van der Waals surface area contributed by atoms with Crippen molar-refractivity contribution in [1.29, 1.82) is 0 Å². The standard InChI is InChI=1S/C14H12ClF2NO/c15-11-1-3-13(17)10(5-11)8-19-14-4-2-12(16)6-9(14)7-18/h1-6H,7-8,18H2. The van der Waals surface area contributed by atoms with E-state index in [4.69, 9.17) is 22.1 Å². The molecule has 0 aliphatic rings. The zero-order chi connectivity index (χ0) is 13.8. The van der Waals surface area contributed by atoms with E-state index in [-0.39, 0.29) is 19.0 Å². The van der Waals surface area contributed by atoms with Gasteiger partial charge in [-0.2, -0.15) is 0 Å². The van der Waals surface area contributed by atoms with Crippen LogP contribution in [0.1, 0.15) is 11.1 Å². The van der Waals surface area contributed by atoms with Crippen molar-refractivity contribution < 1.29 is 13.5 Å². The summed E-state index contributed by atoms with van der Waals surface area (Å²) in [4.78, 5) is 0. The van der Waals surface area contributed by atoms with Crippen molar-refractivity contribution in [1.82, 2.24) is 0 Å². The van der Waals surface area contributed by atoms with Crippen molar-refractivity contribution in [3.63, 3.8) is 0 Å². The maximum Gasteiger partial charge on any atom is 0.129 e. The van der Waals surface area contributed by atoms with Gasteiger partial charge in [0.25, 0.3) is 0 Å². The second-order valence-corrected chi connectivity index (χ2v) is 4.42. The highest BCUT2D eigenvalue weighted by atomic mass is 35.5. The fourth-order valence-corrected chi connectivity index (χ4v) is 1.85. The molecule has 0 fully saturated rings. The Balaban J connectivity index is 2.16. The van der Waals surface area contributed by atoms with E-state index in [1.165, 1.54) is 36.4 Å². The average Bonchev–Trinajstić information content (AvgIpc) is 2.40. The predicted molar refractivity (Wildman–Crippen MR) is 70.0 cm³/mol. The molecular weight excluding hydrogens is 272 g/mol. The maximum atomic E-state index is 13.5. The molecule has 0 aliphatic heterocycles. The third-order valence-electron chi connectivity index (χ3n) is 2.63. The van der Waals surface area contributed by atoms with Crippen LogP contribution in [0.2, 0.25) is 5.02 Å². The molecule has 0 radical (unpaired) electrons. The van der Waals surface area contributed by atoms with Crippen molar-refractivity contribution in [2.45, 2.75) is 13.2 Å². The average molecular weight is 284 g/mol. The van der Waals surface area contributed by atoms with E-state index in [1.807, 2.05) is 0 Å². The van der Waals surface area contributed by atoms with Crippen LogP contribution in [-0.4, -0.2) is 0 Å². The van der Waals surface area contributed by atoms with Crippen LogP contribution in [0.4, 0.5) is 8.78 Å². The smallest absolute Gasteiger partial charge is 0.129 e. The quantitative estimate of drug-likeness (QED) is 0.929. The van der Waals surface area contributed by atoms with Gasteiger partial charge < -0.3 is 10.5 Å². The third-order valence-corrected chi connectivity index (χ3v) is 2.87. The number of rotatable bonds is 4. The summed E-state index contributed by atoms with van der Waals surface area (Å²) in [5.41, 5.74) is 6.36. The lowest BCUT2D eigenvalue weighted by Gasteiger charge is -2.11. The highest BCUT2D eigenvalue weighted by Crippen LogP contribution is 2.22. The molecule has 0 spiro atoms.